The van der Waals surface area contributed by atoms with E-state index in [1.807, 2.05) is 11.9 Å². The predicted molar refractivity (Wildman–Crippen MR) is 67.0 cm³/mol. The summed E-state index contributed by atoms with van der Waals surface area (Å²) in [6.07, 6.45) is 5.58. The molecule has 0 aliphatic heterocycles. The first kappa shape index (κ1) is 13.5. The summed E-state index contributed by atoms with van der Waals surface area (Å²) >= 11 is 0. The van der Waals surface area contributed by atoms with Crippen LogP contribution in [0.5, 0.6) is 0 Å². The van der Waals surface area contributed by atoms with E-state index in [1.165, 1.54) is 19.3 Å². The van der Waals surface area contributed by atoms with Crippen LogP contribution in [0.4, 0.5) is 0 Å². The van der Waals surface area contributed by atoms with Crippen LogP contribution in [-0.4, -0.2) is 30.9 Å². The topological polar surface area (TPSA) is 46.3 Å². The zero-order chi connectivity index (χ0) is 12.2. The third-order valence-electron chi connectivity index (χ3n) is 4.30. The first-order valence-electron chi connectivity index (χ1n) is 6.55. The maximum Gasteiger partial charge on any atom is 0.229 e. The van der Waals surface area contributed by atoms with E-state index in [0.29, 0.717) is 6.54 Å². The molecule has 0 heterocycles. The van der Waals surface area contributed by atoms with E-state index in [2.05, 4.69) is 13.8 Å². The Labute approximate surface area is 99.4 Å². The van der Waals surface area contributed by atoms with Gasteiger partial charge in [-0.05, 0) is 31.6 Å². The Hall–Kier alpha value is -0.570. The van der Waals surface area contributed by atoms with Gasteiger partial charge in [0.1, 0.15) is 0 Å². The van der Waals surface area contributed by atoms with Gasteiger partial charge in [-0.3, -0.25) is 4.79 Å². The third-order valence-corrected chi connectivity index (χ3v) is 4.30. The lowest BCUT2D eigenvalue weighted by Crippen LogP contribution is -2.47. The first-order chi connectivity index (χ1) is 7.59. The van der Waals surface area contributed by atoms with Crippen molar-refractivity contribution in [3.05, 3.63) is 0 Å². The molecular weight excluding hydrogens is 200 g/mol. The second-order valence-corrected chi connectivity index (χ2v) is 5.17. The number of amides is 1. The molecule has 1 aliphatic carbocycles. The van der Waals surface area contributed by atoms with Gasteiger partial charge in [-0.25, -0.2) is 0 Å². The smallest absolute Gasteiger partial charge is 0.229 e. The molecule has 1 rings (SSSR count). The molecule has 0 spiro atoms. The second kappa shape index (κ2) is 5.67. The molecule has 3 nitrogen and oxygen atoms in total. The van der Waals surface area contributed by atoms with Crippen molar-refractivity contribution in [2.75, 3.05) is 20.1 Å². The van der Waals surface area contributed by atoms with Crippen LogP contribution in [-0.2, 0) is 4.79 Å². The van der Waals surface area contributed by atoms with Gasteiger partial charge < -0.3 is 10.6 Å². The fourth-order valence-electron chi connectivity index (χ4n) is 2.48. The van der Waals surface area contributed by atoms with Crippen molar-refractivity contribution in [3.63, 3.8) is 0 Å². The number of carbonyl (C=O) groups excluding carboxylic acids is 1. The second-order valence-electron chi connectivity index (χ2n) is 5.17. The van der Waals surface area contributed by atoms with Crippen molar-refractivity contribution in [1.29, 1.82) is 0 Å². The SMILES string of the molecule is CCC(CC)(CN)C(=O)N(C)CC1CCC1. The number of rotatable bonds is 6. The maximum absolute atomic E-state index is 12.4. The number of nitrogens with two attached hydrogens (primary N) is 1. The van der Waals surface area contributed by atoms with Crippen LogP contribution in [0.2, 0.25) is 0 Å². The summed E-state index contributed by atoms with van der Waals surface area (Å²) in [5.74, 6) is 0.977. The van der Waals surface area contributed by atoms with E-state index < -0.39 is 0 Å². The highest BCUT2D eigenvalue weighted by Gasteiger charge is 2.36. The number of hydrogen-bond donors (Lipinski definition) is 1. The minimum atomic E-state index is -0.321. The number of carbonyl (C=O) groups is 1. The molecule has 1 fully saturated rings. The molecule has 16 heavy (non-hydrogen) atoms. The summed E-state index contributed by atoms with van der Waals surface area (Å²) in [7, 11) is 1.93. The van der Waals surface area contributed by atoms with Crippen molar-refractivity contribution in [2.45, 2.75) is 46.0 Å². The Balaban J connectivity index is 2.58. The summed E-state index contributed by atoms with van der Waals surface area (Å²) in [6, 6.07) is 0. The third kappa shape index (κ3) is 2.57. The predicted octanol–water partition coefficient (Wildman–Crippen LogP) is 2.01. The van der Waals surface area contributed by atoms with Crippen molar-refractivity contribution < 1.29 is 4.79 Å². The van der Waals surface area contributed by atoms with Crippen LogP contribution in [0.1, 0.15) is 46.0 Å². The van der Waals surface area contributed by atoms with Gasteiger partial charge in [0.25, 0.3) is 0 Å². The van der Waals surface area contributed by atoms with E-state index >= 15 is 0 Å². The fourth-order valence-corrected chi connectivity index (χ4v) is 2.48. The largest absolute Gasteiger partial charge is 0.345 e. The summed E-state index contributed by atoms with van der Waals surface area (Å²) < 4.78 is 0. The first-order valence-corrected chi connectivity index (χ1v) is 6.55. The van der Waals surface area contributed by atoms with Crippen LogP contribution < -0.4 is 5.73 Å². The maximum atomic E-state index is 12.4. The van der Waals surface area contributed by atoms with E-state index in [-0.39, 0.29) is 11.3 Å². The monoisotopic (exact) mass is 226 g/mol. The Bertz CT molecular complexity index is 224. The van der Waals surface area contributed by atoms with Crippen molar-refractivity contribution in [1.82, 2.24) is 4.90 Å². The molecule has 1 amide bonds. The van der Waals surface area contributed by atoms with Gasteiger partial charge in [0, 0.05) is 20.1 Å². The highest BCUT2D eigenvalue weighted by Crippen LogP contribution is 2.31. The van der Waals surface area contributed by atoms with E-state index in [9.17, 15) is 4.79 Å². The van der Waals surface area contributed by atoms with Gasteiger partial charge in [-0.2, -0.15) is 0 Å². The van der Waals surface area contributed by atoms with Crippen LogP contribution in [0.3, 0.4) is 0 Å². The normalized spacial score (nSPS) is 17.0. The Kier molecular flexibility index (Phi) is 4.78. The van der Waals surface area contributed by atoms with Gasteiger partial charge in [0.05, 0.1) is 5.41 Å². The van der Waals surface area contributed by atoms with Crippen LogP contribution in [0, 0.1) is 11.3 Å². The molecule has 2 N–H and O–H groups in total. The molecule has 0 aromatic rings. The molecule has 0 unspecified atom stereocenters. The Morgan fingerprint density at radius 1 is 1.38 bits per heavy atom. The lowest BCUT2D eigenvalue weighted by Gasteiger charge is -2.36. The quantitative estimate of drug-likeness (QED) is 0.753. The Morgan fingerprint density at radius 2 is 1.94 bits per heavy atom. The standard InChI is InChI=1S/C13H26N2O/c1-4-13(5-2,10-14)12(16)15(3)9-11-7-6-8-11/h11H,4-10,14H2,1-3H3. The van der Waals surface area contributed by atoms with Crippen LogP contribution in [0.15, 0.2) is 0 Å². The molecule has 3 heteroatoms. The minimum absolute atomic E-state index is 0.243. The highest BCUT2D eigenvalue weighted by atomic mass is 16.2. The van der Waals surface area contributed by atoms with E-state index in [1.54, 1.807) is 0 Å². The zero-order valence-electron chi connectivity index (χ0n) is 11.0. The molecular formula is C13H26N2O. The van der Waals surface area contributed by atoms with Gasteiger partial charge in [0.2, 0.25) is 5.91 Å². The van der Waals surface area contributed by atoms with Crippen LogP contribution in [0.25, 0.3) is 0 Å². The molecule has 0 aromatic heterocycles. The molecule has 0 saturated heterocycles. The Morgan fingerprint density at radius 3 is 2.25 bits per heavy atom. The average Bonchev–Trinajstić information content (AvgIpc) is 2.26. The fraction of sp³-hybridized carbons (Fsp3) is 0.923. The van der Waals surface area contributed by atoms with Crippen LogP contribution >= 0.6 is 0 Å². The number of hydrogen-bond acceptors (Lipinski definition) is 2. The zero-order valence-corrected chi connectivity index (χ0v) is 11.0. The molecule has 1 aliphatic rings. The van der Waals surface area contributed by atoms with Crippen molar-refractivity contribution in [3.8, 4) is 0 Å². The average molecular weight is 226 g/mol. The highest BCUT2D eigenvalue weighted by molar-refractivity contribution is 5.82. The molecule has 0 bridgehead atoms. The molecule has 0 aromatic carbocycles. The molecule has 1 saturated carbocycles. The van der Waals surface area contributed by atoms with E-state index in [4.69, 9.17) is 5.73 Å². The summed E-state index contributed by atoms with van der Waals surface area (Å²) in [5, 5.41) is 0. The van der Waals surface area contributed by atoms with Gasteiger partial charge in [-0.15, -0.1) is 0 Å². The number of nitrogens with zero attached hydrogens (tertiary/aromatic N) is 1. The lowest BCUT2D eigenvalue weighted by molar-refractivity contribution is -0.141. The van der Waals surface area contributed by atoms with Gasteiger partial charge in [0.15, 0.2) is 0 Å². The summed E-state index contributed by atoms with van der Waals surface area (Å²) in [4.78, 5) is 14.3. The minimum Gasteiger partial charge on any atom is -0.345 e. The van der Waals surface area contributed by atoms with Gasteiger partial charge in [-0.1, -0.05) is 20.3 Å². The van der Waals surface area contributed by atoms with Crippen molar-refractivity contribution >= 4 is 5.91 Å². The van der Waals surface area contributed by atoms with E-state index in [0.717, 1.165) is 25.3 Å². The molecule has 0 radical (unpaired) electrons. The van der Waals surface area contributed by atoms with Crippen molar-refractivity contribution in [2.24, 2.45) is 17.1 Å². The molecule has 0 atom stereocenters. The summed E-state index contributed by atoms with van der Waals surface area (Å²) in [6.45, 7) is 5.51. The van der Waals surface area contributed by atoms with Gasteiger partial charge >= 0.3 is 0 Å². The molecule has 94 valence electrons. The summed E-state index contributed by atoms with van der Waals surface area (Å²) in [5.41, 5.74) is 5.48. The lowest BCUT2D eigenvalue weighted by atomic mass is 9.80.